The Labute approximate surface area is 115 Å². The number of aryl methyl sites for hydroxylation is 3. The zero-order chi connectivity index (χ0) is 13.8. The molecule has 0 aromatic heterocycles. The maximum absolute atomic E-state index is 11.9. The summed E-state index contributed by atoms with van der Waals surface area (Å²) in [6.45, 7) is 6.00. The topological polar surface area (TPSA) is 38.3 Å². The van der Waals surface area contributed by atoms with Crippen molar-refractivity contribution in [2.24, 2.45) is 0 Å². The lowest BCUT2D eigenvalue weighted by Crippen LogP contribution is -2.38. The second-order valence-corrected chi connectivity index (χ2v) is 5.60. The average molecular weight is 261 g/mol. The van der Waals surface area contributed by atoms with E-state index in [2.05, 4.69) is 5.32 Å². The molecule has 0 unspecified atom stereocenters. The van der Waals surface area contributed by atoms with Crippen LogP contribution in [0.1, 0.15) is 48.8 Å². The van der Waals surface area contributed by atoms with Crippen molar-refractivity contribution in [1.29, 1.82) is 0 Å². The molecule has 0 heterocycles. The monoisotopic (exact) mass is 261 g/mol. The van der Waals surface area contributed by atoms with Crippen molar-refractivity contribution in [3.63, 3.8) is 0 Å². The van der Waals surface area contributed by atoms with Crippen LogP contribution in [-0.4, -0.2) is 12.1 Å². The summed E-state index contributed by atoms with van der Waals surface area (Å²) in [5, 5.41) is 2.98. The van der Waals surface area contributed by atoms with Gasteiger partial charge < -0.3 is 10.1 Å². The molecule has 0 saturated heterocycles. The van der Waals surface area contributed by atoms with E-state index in [1.165, 1.54) is 24.8 Å². The maximum atomic E-state index is 11.9. The number of amides is 1. The fraction of sp³-hybridized carbons (Fsp3) is 0.562. The van der Waals surface area contributed by atoms with Crippen molar-refractivity contribution < 1.29 is 9.53 Å². The van der Waals surface area contributed by atoms with Gasteiger partial charge in [-0.25, -0.2) is 4.79 Å². The highest BCUT2D eigenvalue weighted by Crippen LogP contribution is 2.25. The Bertz CT molecular complexity index is 439. The first-order valence-corrected chi connectivity index (χ1v) is 7.12. The average Bonchev–Trinajstić information content (AvgIpc) is 2.35. The van der Waals surface area contributed by atoms with E-state index in [-0.39, 0.29) is 12.1 Å². The Balaban J connectivity index is 1.98. The summed E-state index contributed by atoms with van der Waals surface area (Å²) in [7, 11) is 0. The van der Waals surface area contributed by atoms with Crippen LogP contribution < -0.4 is 10.1 Å². The number of hydrogen-bond acceptors (Lipinski definition) is 2. The molecule has 1 aliphatic carbocycles. The lowest BCUT2D eigenvalue weighted by Gasteiger charge is -2.22. The molecule has 2 rings (SSSR count). The second-order valence-electron chi connectivity index (χ2n) is 5.60. The highest BCUT2D eigenvalue weighted by atomic mass is 16.6. The van der Waals surface area contributed by atoms with Gasteiger partial charge >= 0.3 is 6.09 Å². The number of ether oxygens (including phenoxy) is 1. The zero-order valence-corrected chi connectivity index (χ0v) is 12.1. The molecule has 19 heavy (non-hydrogen) atoms. The van der Waals surface area contributed by atoms with E-state index in [4.69, 9.17) is 4.74 Å². The molecule has 3 nitrogen and oxygen atoms in total. The van der Waals surface area contributed by atoms with Gasteiger partial charge in [-0.05, 0) is 44.7 Å². The van der Waals surface area contributed by atoms with Gasteiger partial charge in [0.05, 0.1) is 0 Å². The van der Waals surface area contributed by atoms with Crippen molar-refractivity contribution in [3.8, 4) is 5.75 Å². The number of carbonyl (C=O) groups is 1. The van der Waals surface area contributed by atoms with E-state index < -0.39 is 0 Å². The highest BCUT2D eigenvalue weighted by Gasteiger charge is 2.17. The first-order valence-electron chi connectivity index (χ1n) is 7.12. The number of benzene rings is 1. The quantitative estimate of drug-likeness (QED) is 0.872. The summed E-state index contributed by atoms with van der Waals surface area (Å²) in [4.78, 5) is 11.9. The van der Waals surface area contributed by atoms with Crippen LogP contribution in [0.4, 0.5) is 4.79 Å². The molecule has 0 aliphatic heterocycles. The third-order valence-electron chi connectivity index (χ3n) is 3.73. The Morgan fingerprint density at radius 2 is 1.68 bits per heavy atom. The van der Waals surface area contributed by atoms with Crippen LogP contribution in [0.5, 0.6) is 5.75 Å². The number of rotatable bonds is 2. The molecule has 0 atom stereocenters. The summed E-state index contributed by atoms with van der Waals surface area (Å²) in [5.41, 5.74) is 3.21. The second kappa shape index (κ2) is 6.09. The predicted molar refractivity (Wildman–Crippen MR) is 76.7 cm³/mol. The molecule has 1 amide bonds. The third kappa shape index (κ3) is 3.72. The predicted octanol–water partition coefficient (Wildman–Crippen LogP) is 4.03. The standard InChI is InChI=1S/C16H23NO2/c1-11-9-12(2)15(13(3)10-11)19-16(18)17-14-7-5-4-6-8-14/h9-10,14H,4-8H2,1-3H3,(H,17,18). The van der Waals surface area contributed by atoms with Gasteiger partial charge in [-0.15, -0.1) is 0 Å². The molecule has 0 bridgehead atoms. The summed E-state index contributed by atoms with van der Waals surface area (Å²) in [5.74, 6) is 0.693. The van der Waals surface area contributed by atoms with Gasteiger partial charge in [-0.2, -0.15) is 0 Å². The molecule has 1 aliphatic rings. The van der Waals surface area contributed by atoms with E-state index >= 15 is 0 Å². The first-order chi connectivity index (χ1) is 9.06. The molecule has 104 valence electrons. The Morgan fingerprint density at radius 3 is 2.26 bits per heavy atom. The Hall–Kier alpha value is -1.51. The van der Waals surface area contributed by atoms with Crippen LogP contribution in [0.2, 0.25) is 0 Å². The summed E-state index contributed by atoms with van der Waals surface area (Å²) < 4.78 is 5.48. The van der Waals surface area contributed by atoms with Crippen LogP contribution in [0.15, 0.2) is 12.1 Å². The van der Waals surface area contributed by atoms with E-state index in [0.717, 1.165) is 24.0 Å². The SMILES string of the molecule is Cc1cc(C)c(OC(=O)NC2CCCCC2)c(C)c1. The molecular weight excluding hydrogens is 238 g/mol. The number of carbonyl (C=O) groups excluding carboxylic acids is 1. The molecule has 0 spiro atoms. The summed E-state index contributed by atoms with van der Waals surface area (Å²) in [6.07, 6.45) is 5.51. The van der Waals surface area contributed by atoms with Gasteiger partial charge in [0.15, 0.2) is 0 Å². The smallest absolute Gasteiger partial charge is 0.410 e. The van der Waals surface area contributed by atoms with Crippen LogP contribution in [-0.2, 0) is 0 Å². The van der Waals surface area contributed by atoms with E-state index in [0.29, 0.717) is 5.75 Å². The van der Waals surface area contributed by atoms with Gasteiger partial charge in [0.1, 0.15) is 5.75 Å². The normalized spacial score (nSPS) is 16.2. The van der Waals surface area contributed by atoms with Gasteiger partial charge in [0.25, 0.3) is 0 Å². The molecule has 0 radical (unpaired) electrons. The zero-order valence-electron chi connectivity index (χ0n) is 12.1. The van der Waals surface area contributed by atoms with E-state index in [1.807, 2.05) is 32.9 Å². The van der Waals surface area contributed by atoms with Gasteiger partial charge in [-0.1, -0.05) is 37.0 Å². The summed E-state index contributed by atoms with van der Waals surface area (Å²) >= 11 is 0. The maximum Gasteiger partial charge on any atom is 0.412 e. The van der Waals surface area contributed by atoms with Gasteiger partial charge in [0, 0.05) is 6.04 Å². The number of nitrogens with one attached hydrogen (secondary N) is 1. The van der Waals surface area contributed by atoms with E-state index in [9.17, 15) is 4.79 Å². The molecule has 1 saturated carbocycles. The lowest BCUT2D eigenvalue weighted by molar-refractivity contribution is 0.191. The van der Waals surface area contributed by atoms with Gasteiger partial charge in [-0.3, -0.25) is 0 Å². The molecule has 1 fully saturated rings. The van der Waals surface area contributed by atoms with Crippen molar-refractivity contribution >= 4 is 6.09 Å². The Morgan fingerprint density at radius 1 is 1.11 bits per heavy atom. The summed E-state index contributed by atoms with van der Waals surface area (Å²) in [6, 6.07) is 4.36. The Kier molecular flexibility index (Phi) is 4.46. The third-order valence-corrected chi connectivity index (χ3v) is 3.73. The molecule has 3 heteroatoms. The molecular formula is C16H23NO2. The minimum atomic E-state index is -0.318. The van der Waals surface area contributed by atoms with Crippen molar-refractivity contribution in [2.75, 3.05) is 0 Å². The minimum absolute atomic E-state index is 0.285. The largest absolute Gasteiger partial charge is 0.412 e. The van der Waals surface area contributed by atoms with Gasteiger partial charge in [0.2, 0.25) is 0 Å². The first kappa shape index (κ1) is 13.9. The van der Waals surface area contributed by atoms with Crippen LogP contribution in [0.3, 0.4) is 0 Å². The van der Waals surface area contributed by atoms with Crippen molar-refractivity contribution in [3.05, 3.63) is 28.8 Å². The van der Waals surface area contributed by atoms with E-state index in [1.54, 1.807) is 0 Å². The van der Waals surface area contributed by atoms with Crippen molar-refractivity contribution in [2.45, 2.75) is 58.9 Å². The van der Waals surface area contributed by atoms with Crippen LogP contribution >= 0.6 is 0 Å². The van der Waals surface area contributed by atoms with Crippen LogP contribution in [0, 0.1) is 20.8 Å². The molecule has 1 aromatic rings. The fourth-order valence-electron chi connectivity index (χ4n) is 2.86. The number of hydrogen-bond donors (Lipinski definition) is 1. The fourth-order valence-corrected chi connectivity index (χ4v) is 2.86. The minimum Gasteiger partial charge on any atom is -0.410 e. The van der Waals surface area contributed by atoms with Crippen molar-refractivity contribution in [1.82, 2.24) is 5.32 Å². The highest BCUT2D eigenvalue weighted by molar-refractivity contribution is 5.71. The molecule has 1 aromatic carbocycles. The molecule has 1 N–H and O–H groups in total. The lowest BCUT2D eigenvalue weighted by atomic mass is 9.96. The van der Waals surface area contributed by atoms with Crippen LogP contribution in [0.25, 0.3) is 0 Å².